The third kappa shape index (κ3) is 5.65. The van der Waals surface area contributed by atoms with Crippen LogP contribution in [0.25, 0.3) is 0 Å². The minimum Gasteiger partial charge on any atom is -0.481 e. The van der Waals surface area contributed by atoms with Crippen LogP contribution in [0.15, 0.2) is 46.0 Å². The Morgan fingerprint density at radius 3 is 2.76 bits per heavy atom. The van der Waals surface area contributed by atoms with Gasteiger partial charge in [-0.3, -0.25) is 14.7 Å². The van der Waals surface area contributed by atoms with E-state index in [1.54, 1.807) is 11.6 Å². The monoisotopic (exact) mass is 556 g/mol. The van der Waals surface area contributed by atoms with E-state index in [2.05, 4.69) is 15.3 Å². The molecule has 37 heavy (non-hydrogen) atoms. The number of methoxy groups -OCH3 is 1. The van der Waals surface area contributed by atoms with Crippen molar-refractivity contribution >= 4 is 40.7 Å². The first-order valence-corrected chi connectivity index (χ1v) is 12.6. The normalized spacial score (nSPS) is 23.5. The molecule has 0 bridgehead atoms. The van der Waals surface area contributed by atoms with Gasteiger partial charge in [-0.1, -0.05) is 17.7 Å². The van der Waals surface area contributed by atoms with E-state index in [1.165, 1.54) is 42.4 Å². The number of hydrogen-bond acceptors (Lipinski definition) is 8. The van der Waals surface area contributed by atoms with Gasteiger partial charge in [0.05, 0.1) is 18.7 Å². The molecule has 3 heterocycles. The molecule has 3 atom stereocenters. The van der Waals surface area contributed by atoms with Crippen LogP contribution in [-0.4, -0.2) is 64.4 Å². The van der Waals surface area contributed by atoms with Crippen LogP contribution in [0.1, 0.15) is 42.8 Å². The number of aliphatic imine (C=N–C) groups is 1. The number of esters is 1. The second kappa shape index (κ2) is 10.8. The Morgan fingerprint density at radius 1 is 1.38 bits per heavy atom. The van der Waals surface area contributed by atoms with Crippen molar-refractivity contribution in [2.45, 2.75) is 50.2 Å². The van der Waals surface area contributed by atoms with E-state index < -0.39 is 48.2 Å². The molecular formula is C24H24ClF3N4O4S. The van der Waals surface area contributed by atoms with Gasteiger partial charge in [0.25, 0.3) is 5.92 Å². The second-order valence-corrected chi connectivity index (χ2v) is 10.1. The largest absolute Gasteiger partial charge is 0.481 e. The number of thiazole rings is 1. The lowest BCUT2D eigenvalue weighted by Crippen LogP contribution is -2.45. The summed E-state index contributed by atoms with van der Waals surface area (Å²) in [5, 5.41) is 14.4. The van der Waals surface area contributed by atoms with Crippen LogP contribution in [-0.2, 0) is 14.3 Å². The number of hydrogen-bond donors (Lipinski definition) is 2. The van der Waals surface area contributed by atoms with Gasteiger partial charge in [0.15, 0.2) is 10.8 Å². The molecule has 0 spiro atoms. The smallest absolute Gasteiger partial charge is 0.338 e. The first kappa shape index (κ1) is 27.1. The molecule has 2 aromatic rings. The molecule has 2 aliphatic rings. The fourth-order valence-corrected chi connectivity index (χ4v) is 5.49. The summed E-state index contributed by atoms with van der Waals surface area (Å²) in [4.78, 5) is 34.6. The van der Waals surface area contributed by atoms with Crippen LogP contribution in [0.5, 0.6) is 0 Å². The van der Waals surface area contributed by atoms with Crippen molar-refractivity contribution in [2.75, 3.05) is 13.7 Å². The van der Waals surface area contributed by atoms with Crippen LogP contribution in [0, 0.1) is 5.82 Å². The molecule has 8 nitrogen and oxygen atoms in total. The highest BCUT2D eigenvalue weighted by molar-refractivity contribution is 7.11. The number of aromatic nitrogens is 1. The third-order valence-corrected chi connectivity index (χ3v) is 7.65. The van der Waals surface area contributed by atoms with Crippen molar-refractivity contribution in [3.8, 4) is 0 Å². The summed E-state index contributed by atoms with van der Waals surface area (Å²) >= 11 is 7.61. The predicted octanol–water partition coefficient (Wildman–Crippen LogP) is 4.42. The van der Waals surface area contributed by atoms with E-state index in [1.807, 2.05) is 0 Å². The first-order chi connectivity index (χ1) is 17.5. The number of benzene rings is 1. The van der Waals surface area contributed by atoms with Crippen LogP contribution in [0.2, 0.25) is 5.02 Å². The Labute approximate surface area is 219 Å². The highest BCUT2D eigenvalue weighted by Gasteiger charge is 2.51. The molecule has 1 aromatic carbocycles. The highest BCUT2D eigenvalue weighted by Crippen LogP contribution is 2.42. The zero-order valence-electron chi connectivity index (χ0n) is 19.9. The lowest BCUT2D eigenvalue weighted by atomic mass is 9.95. The van der Waals surface area contributed by atoms with Crippen molar-refractivity contribution < 1.29 is 32.6 Å². The number of rotatable bonds is 8. The summed E-state index contributed by atoms with van der Waals surface area (Å²) in [5.41, 5.74) is 0.580. The van der Waals surface area contributed by atoms with E-state index in [-0.39, 0.29) is 41.5 Å². The minimum atomic E-state index is -3.06. The molecule has 2 aliphatic heterocycles. The number of carboxylic acid groups (broad SMARTS) is 1. The number of nitrogens with one attached hydrogen (secondary N) is 1. The van der Waals surface area contributed by atoms with E-state index >= 15 is 0 Å². The number of amidine groups is 1. The Kier molecular flexibility index (Phi) is 7.91. The zero-order chi connectivity index (χ0) is 26.9. The minimum absolute atomic E-state index is 0.0107. The fourth-order valence-electron chi connectivity index (χ4n) is 4.64. The van der Waals surface area contributed by atoms with Gasteiger partial charge in [-0.2, -0.15) is 0 Å². The van der Waals surface area contributed by atoms with E-state index in [0.29, 0.717) is 10.6 Å². The maximum absolute atomic E-state index is 14.8. The quantitative estimate of drug-likeness (QED) is 0.464. The summed E-state index contributed by atoms with van der Waals surface area (Å²) in [6.45, 7) is 1.22. The van der Waals surface area contributed by atoms with E-state index in [9.17, 15) is 22.8 Å². The van der Waals surface area contributed by atoms with Crippen molar-refractivity contribution in [3.63, 3.8) is 0 Å². The van der Waals surface area contributed by atoms with Crippen molar-refractivity contribution in [3.05, 3.63) is 62.5 Å². The van der Waals surface area contributed by atoms with E-state index in [4.69, 9.17) is 21.4 Å². The lowest BCUT2D eigenvalue weighted by Gasteiger charge is -2.33. The van der Waals surface area contributed by atoms with Crippen LogP contribution in [0.3, 0.4) is 0 Å². The van der Waals surface area contributed by atoms with Gasteiger partial charge in [-0.05, 0) is 25.5 Å². The SMILES string of the molecule is COC(=O)C1=C(CN2C(C)C(F)(F)C[C@H]2CCC(=O)O)NC(c2nccs2)=N[C@H]1c1ccc(F)cc1Cl. The number of alkyl halides is 2. The molecule has 2 N–H and O–H groups in total. The Bertz CT molecular complexity index is 1250. The lowest BCUT2D eigenvalue weighted by molar-refractivity contribution is -0.137. The zero-order valence-corrected chi connectivity index (χ0v) is 21.5. The molecule has 1 saturated heterocycles. The van der Waals surface area contributed by atoms with Gasteiger partial charge in [0.1, 0.15) is 11.9 Å². The number of halogens is 4. The topological polar surface area (TPSA) is 104 Å². The maximum atomic E-state index is 14.8. The summed E-state index contributed by atoms with van der Waals surface area (Å²) in [6, 6.07) is 0.670. The summed E-state index contributed by atoms with van der Waals surface area (Å²) in [6.07, 6.45) is 0.786. The number of ether oxygens (including phenoxy) is 1. The molecule has 0 radical (unpaired) electrons. The molecule has 0 amide bonds. The molecular weight excluding hydrogens is 533 g/mol. The van der Waals surface area contributed by atoms with Gasteiger partial charge in [0.2, 0.25) is 0 Å². The van der Waals surface area contributed by atoms with Gasteiger partial charge in [0, 0.05) is 53.3 Å². The molecule has 4 rings (SSSR count). The first-order valence-electron chi connectivity index (χ1n) is 11.4. The third-order valence-electron chi connectivity index (χ3n) is 6.54. The Balaban J connectivity index is 1.81. The van der Waals surface area contributed by atoms with Crippen LogP contribution < -0.4 is 5.32 Å². The number of aliphatic carboxylic acids is 1. The number of nitrogens with zero attached hydrogens (tertiary/aromatic N) is 3. The average molecular weight is 557 g/mol. The molecule has 1 aromatic heterocycles. The molecule has 1 fully saturated rings. The number of carbonyl (C=O) groups is 2. The van der Waals surface area contributed by atoms with Crippen LogP contribution >= 0.6 is 22.9 Å². The molecule has 1 unspecified atom stereocenters. The molecule has 0 aliphatic carbocycles. The van der Waals surface area contributed by atoms with Gasteiger partial charge < -0.3 is 15.2 Å². The second-order valence-electron chi connectivity index (χ2n) is 8.79. The average Bonchev–Trinajstić information content (AvgIpc) is 3.45. The van der Waals surface area contributed by atoms with E-state index in [0.717, 1.165) is 6.07 Å². The highest BCUT2D eigenvalue weighted by atomic mass is 35.5. The maximum Gasteiger partial charge on any atom is 0.338 e. The van der Waals surface area contributed by atoms with Gasteiger partial charge in [-0.15, -0.1) is 11.3 Å². The fraction of sp³-hybridized carbons (Fsp3) is 0.417. The standard InChI is InChI=1S/C24H24ClF3N4O4S/c1-12-24(27,28)10-14(4-6-18(33)34)32(12)11-17-19(23(35)36-2)20(15-5-3-13(26)9-16(15)25)31-21(30-17)22-29-7-8-37-22/h3,5,7-9,12,14,20H,4,6,10-11H2,1-2H3,(H,30,31)(H,33,34)/t12?,14-,20+/m1/s1. The van der Waals surface area contributed by atoms with Crippen LogP contribution in [0.4, 0.5) is 13.2 Å². The van der Waals surface area contributed by atoms with Gasteiger partial charge >= 0.3 is 11.9 Å². The molecule has 13 heteroatoms. The molecule has 198 valence electrons. The Morgan fingerprint density at radius 2 is 2.14 bits per heavy atom. The predicted molar refractivity (Wildman–Crippen MR) is 131 cm³/mol. The Hall–Kier alpha value is -2.96. The van der Waals surface area contributed by atoms with Crippen molar-refractivity contribution in [1.82, 2.24) is 15.2 Å². The molecule has 0 saturated carbocycles. The summed E-state index contributed by atoms with van der Waals surface area (Å²) in [7, 11) is 1.18. The summed E-state index contributed by atoms with van der Waals surface area (Å²) in [5.74, 6) is -5.21. The van der Waals surface area contributed by atoms with Crippen molar-refractivity contribution in [2.24, 2.45) is 4.99 Å². The number of carbonyl (C=O) groups excluding carboxylic acids is 1. The summed E-state index contributed by atoms with van der Waals surface area (Å²) < 4.78 is 48.4. The number of likely N-dealkylation sites (tertiary alicyclic amines) is 1. The number of carboxylic acids is 1. The van der Waals surface area contributed by atoms with Gasteiger partial charge in [-0.25, -0.2) is 22.9 Å². The van der Waals surface area contributed by atoms with Crippen molar-refractivity contribution in [1.29, 1.82) is 0 Å².